The quantitative estimate of drug-likeness (QED) is 0.335. The van der Waals surface area contributed by atoms with E-state index >= 15 is 0 Å². The van der Waals surface area contributed by atoms with E-state index in [0.717, 1.165) is 60.3 Å². The number of hydrogen-bond donors (Lipinski definition) is 1. The fourth-order valence-corrected chi connectivity index (χ4v) is 5.71. The number of pyridine rings is 1. The molecule has 0 bridgehead atoms. The van der Waals surface area contributed by atoms with E-state index in [4.69, 9.17) is 0 Å². The Kier molecular flexibility index (Phi) is 7.23. The van der Waals surface area contributed by atoms with Gasteiger partial charge in [-0.25, -0.2) is 9.07 Å². The summed E-state index contributed by atoms with van der Waals surface area (Å²) in [5, 5.41) is 13.7. The first-order valence-electron chi connectivity index (χ1n) is 13.6. The molecule has 0 spiro atoms. The van der Waals surface area contributed by atoms with Crippen LogP contribution in [0.1, 0.15) is 39.7 Å². The maximum absolute atomic E-state index is 13.7. The fourth-order valence-electron chi connectivity index (χ4n) is 5.71. The Bertz CT molecular complexity index is 1670. The summed E-state index contributed by atoms with van der Waals surface area (Å²) in [6.45, 7) is 8.55. The van der Waals surface area contributed by atoms with Crippen molar-refractivity contribution in [2.24, 2.45) is 0 Å². The molecular formula is C31H32FN7O. The van der Waals surface area contributed by atoms with Crippen LogP contribution >= 0.6 is 0 Å². The van der Waals surface area contributed by atoms with Crippen molar-refractivity contribution >= 4 is 10.9 Å². The Balaban J connectivity index is 1.36. The normalized spacial score (nSPS) is 15.5. The Morgan fingerprint density at radius 1 is 0.900 bits per heavy atom. The second kappa shape index (κ2) is 11.1. The van der Waals surface area contributed by atoms with Crippen LogP contribution in [0.4, 0.5) is 4.39 Å². The van der Waals surface area contributed by atoms with Crippen LogP contribution in [0, 0.1) is 19.7 Å². The first-order valence-corrected chi connectivity index (χ1v) is 13.6. The highest BCUT2D eigenvalue weighted by Crippen LogP contribution is 2.29. The molecule has 6 rings (SSSR count). The first kappa shape index (κ1) is 26.0. The Morgan fingerprint density at radius 2 is 1.62 bits per heavy atom. The van der Waals surface area contributed by atoms with Crippen molar-refractivity contribution in [2.45, 2.75) is 33.0 Å². The SMILES string of the molecule is Cc1cc(C)c2[nH]c(=O)c([C@@H](c3nnnn3Cc3ccc(F)cc3)N3CCN(Cc4ccccc4)CC3)cc2c1. The minimum Gasteiger partial charge on any atom is -0.321 e. The van der Waals surface area contributed by atoms with E-state index in [-0.39, 0.29) is 11.4 Å². The van der Waals surface area contributed by atoms with Crippen molar-refractivity contribution in [3.63, 3.8) is 0 Å². The Labute approximate surface area is 232 Å². The average molecular weight is 538 g/mol. The van der Waals surface area contributed by atoms with Crippen LogP contribution in [0.15, 0.2) is 77.6 Å². The van der Waals surface area contributed by atoms with Crippen LogP contribution in [0.5, 0.6) is 0 Å². The topological polar surface area (TPSA) is 82.9 Å². The number of aromatic amines is 1. The van der Waals surface area contributed by atoms with Gasteiger partial charge < -0.3 is 4.98 Å². The Morgan fingerprint density at radius 3 is 2.38 bits per heavy atom. The summed E-state index contributed by atoms with van der Waals surface area (Å²) in [6.07, 6.45) is 0. The van der Waals surface area contributed by atoms with Crippen LogP contribution in [-0.2, 0) is 13.1 Å². The number of H-pyrrole nitrogens is 1. The molecule has 1 atom stereocenters. The number of rotatable bonds is 7. The third-order valence-electron chi connectivity index (χ3n) is 7.69. The summed E-state index contributed by atoms with van der Waals surface area (Å²) in [4.78, 5) is 21.5. The van der Waals surface area contributed by atoms with E-state index in [0.29, 0.717) is 17.9 Å². The molecule has 9 heteroatoms. The number of aryl methyl sites for hydroxylation is 2. The second-order valence-corrected chi connectivity index (χ2v) is 10.6. The summed E-state index contributed by atoms with van der Waals surface area (Å²) in [5.41, 5.74) is 5.64. The number of fused-ring (bicyclic) bond motifs is 1. The van der Waals surface area contributed by atoms with Crippen LogP contribution in [0.2, 0.25) is 0 Å². The van der Waals surface area contributed by atoms with E-state index in [2.05, 4.69) is 73.6 Å². The number of nitrogens with one attached hydrogen (secondary N) is 1. The highest BCUT2D eigenvalue weighted by molar-refractivity contribution is 5.83. The molecule has 1 aliphatic heterocycles. The molecule has 0 unspecified atom stereocenters. The van der Waals surface area contributed by atoms with Gasteiger partial charge >= 0.3 is 0 Å². The lowest BCUT2D eigenvalue weighted by molar-refractivity contribution is 0.0998. The zero-order valence-electron chi connectivity index (χ0n) is 22.7. The van der Waals surface area contributed by atoms with Gasteiger partial charge in [0.25, 0.3) is 5.56 Å². The van der Waals surface area contributed by atoms with Crippen molar-refractivity contribution in [1.82, 2.24) is 35.0 Å². The molecule has 204 valence electrons. The summed E-state index contributed by atoms with van der Waals surface area (Å²) in [5.74, 6) is 0.301. The number of hydrogen-bond acceptors (Lipinski definition) is 6. The van der Waals surface area contributed by atoms with E-state index < -0.39 is 6.04 Å². The predicted octanol–water partition coefficient (Wildman–Crippen LogP) is 4.23. The molecule has 1 fully saturated rings. The molecule has 1 saturated heterocycles. The largest absolute Gasteiger partial charge is 0.321 e. The maximum atomic E-state index is 13.7. The molecule has 3 aromatic carbocycles. The molecule has 40 heavy (non-hydrogen) atoms. The zero-order valence-corrected chi connectivity index (χ0v) is 22.7. The third kappa shape index (κ3) is 5.43. The lowest BCUT2D eigenvalue weighted by atomic mass is 10.00. The van der Waals surface area contributed by atoms with Gasteiger partial charge in [-0.05, 0) is 70.6 Å². The van der Waals surface area contributed by atoms with Crippen LogP contribution in [0.3, 0.4) is 0 Å². The molecule has 2 aromatic heterocycles. The van der Waals surface area contributed by atoms with Gasteiger partial charge in [0, 0.05) is 38.3 Å². The van der Waals surface area contributed by atoms with Gasteiger partial charge in [0.1, 0.15) is 11.9 Å². The molecule has 8 nitrogen and oxygen atoms in total. The summed E-state index contributed by atoms with van der Waals surface area (Å²) in [6, 6.07) is 22.5. The molecule has 5 aromatic rings. The van der Waals surface area contributed by atoms with Gasteiger partial charge in [-0.2, -0.15) is 0 Å². The van der Waals surface area contributed by atoms with E-state index in [1.54, 1.807) is 16.8 Å². The Hall–Kier alpha value is -4.21. The van der Waals surface area contributed by atoms with Gasteiger partial charge in [0.2, 0.25) is 0 Å². The molecule has 3 heterocycles. The highest BCUT2D eigenvalue weighted by atomic mass is 19.1. The van der Waals surface area contributed by atoms with Gasteiger partial charge in [0.15, 0.2) is 5.82 Å². The second-order valence-electron chi connectivity index (χ2n) is 10.6. The lowest BCUT2D eigenvalue weighted by Crippen LogP contribution is -2.48. The standard InChI is InChI=1S/C31H32FN7O/c1-21-16-22(2)28-25(17-21)18-27(31(40)33-28)29(30-34-35-36-39(30)20-24-8-10-26(32)11-9-24)38-14-12-37(13-15-38)19-23-6-4-3-5-7-23/h3-11,16-18,29H,12-15,19-20H2,1-2H3,(H,33,40)/t29-/m0/s1. The molecule has 0 saturated carbocycles. The summed E-state index contributed by atoms with van der Waals surface area (Å²) >= 11 is 0. The van der Waals surface area contributed by atoms with Crippen molar-refractivity contribution in [3.8, 4) is 0 Å². The number of piperazine rings is 1. The van der Waals surface area contributed by atoms with Crippen molar-refractivity contribution < 1.29 is 4.39 Å². The number of aromatic nitrogens is 5. The van der Waals surface area contributed by atoms with Crippen LogP contribution < -0.4 is 5.56 Å². The minimum atomic E-state index is -0.441. The van der Waals surface area contributed by atoms with E-state index in [9.17, 15) is 9.18 Å². The van der Waals surface area contributed by atoms with Crippen molar-refractivity contribution in [2.75, 3.05) is 26.2 Å². The third-order valence-corrected chi connectivity index (χ3v) is 7.69. The minimum absolute atomic E-state index is 0.146. The number of nitrogens with zero attached hydrogens (tertiary/aromatic N) is 6. The molecule has 1 N–H and O–H groups in total. The molecule has 1 aliphatic rings. The predicted molar refractivity (Wildman–Crippen MR) is 152 cm³/mol. The van der Waals surface area contributed by atoms with Gasteiger partial charge in [-0.1, -0.05) is 54.1 Å². The van der Waals surface area contributed by atoms with Crippen molar-refractivity contribution in [3.05, 3.63) is 123 Å². The monoisotopic (exact) mass is 537 g/mol. The van der Waals surface area contributed by atoms with Gasteiger partial charge in [0.05, 0.1) is 12.1 Å². The zero-order chi connectivity index (χ0) is 27.6. The van der Waals surface area contributed by atoms with E-state index in [1.807, 2.05) is 19.1 Å². The van der Waals surface area contributed by atoms with Gasteiger partial charge in [-0.15, -0.1) is 5.10 Å². The van der Waals surface area contributed by atoms with Crippen LogP contribution in [-0.4, -0.2) is 61.2 Å². The molecule has 0 radical (unpaired) electrons. The maximum Gasteiger partial charge on any atom is 0.253 e. The highest BCUT2D eigenvalue weighted by Gasteiger charge is 2.33. The lowest BCUT2D eigenvalue weighted by Gasteiger charge is -2.38. The van der Waals surface area contributed by atoms with Crippen molar-refractivity contribution in [1.29, 1.82) is 0 Å². The van der Waals surface area contributed by atoms with Crippen LogP contribution in [0.25, 0.3) is 10.9 Å². The number of tetrazole rings is 1. The van der Waals surface area contributed by atoms with Gasteiger partial charge in [-0.3, -0.25) is 14.6 Å². The fraction of sp³-hybridized carbons (Fsp3) is 0.290. The number of halogens is 1. The average Bonchev–Trinajstić information content (AvgIpc) is 3.40. The molecular weight excluding hydrogens is 505 g/mol. The first-order chi connectivity index (χ1) is 19.4. The molecule has 0 aliphatic carbocycles. The summed E-state index contributed by atoms with van der Waals surface area (Å²) < 4.78 is 15.3. The van der Waals surface area contributed by atoms with E-state index in [1.165, 1.54) is 17.7 Å². The summed E-state index contributed by atoms with van der Waals surface area (Å²) in [7, 11) is 0. The molecule has 0 amide bonds. The smallest absolute Gasteiger partial charge is 0.253 e. The number of benzene rings is 3.